The molecule has 0 bridgehead atoms. The summed E-state index contributed by atoms with van der Waals surface area (Å²) in [5.41, 5.74) is 0.714. The molecule has 1 heterocycles. The second-order valence-corrected chi connectivity index (χ2v) is 8.00. The molecule has 9 heteroatoms. The molecule has 1 saturated carbocycles. The van der Waals surface area contributed by atoms with Gasteiger partial charge in [-0.3, -0.25) is 4.79 Å². The zero-order valence-electron chi connectivity index (χ0n) is 14.0. The highest BCUT2D eigenvalue weighted by molar-refractivity contribution is 8.01. The number of carbonyl (C=O) groups is 1. The molecule has 0 atom stereocenters. The van der Waals surface area contributed by atoms with E-state index in [1.165, 1.54) is 49.1 Å². The minimum absolute atomic E-state index is 0.0480. The number of thioether (sulfide) groups is 1. The number of benzene rings is 1. The highest BCUT2D eigenvalue weighted by Crippen LogP contribution is 2.30. The molecular weight excluding hydrogens is 363 g/mol. The average Bonchev–Trinajstić information content (AvgIpc) is 3.29. The van der Waals surface area contributed by atoms with Crippen molar-refractivity contribution >= 4 is 34.1 Å². The number of nitrogens with zero attached hydrogens (tertiary/aromatic N) is 3. The first-order valence-electron chi connectivity index (χ1n) is 7.84. The van der Waals surface area contributed by atoms with Crippen LogP contribution in [0.2, 0.25) is 0 Å². The van der Waals surface area contributed by atoms with E-state index in [9.17, 15) is 9.18 Å². The van der Waals surface area contributed by atoms with Crippen LogP contribution in [0.3, 0.4) is 0 Å². The molecule has 3 rings (SSSR count). The van der Waals surface area contributed by atoms with E-state index in [1.54, 1.807) is 24.1 Å². The van der Waals surface area contributed by atoms with Crippen LogP contribution in [0.1, 0.15) is 18.4 Å². The summed E-state index contributed by atoms with van der Waals surface area (Å²) in [7, 11) is 3.12. The Hall–Kier alpha value is -1.87. The van der Waals surface area contributed by atoms with E-state index in [-0.39, 0.29) is 17.4 Å². The summed E-state index contributed by atoms with van der Waals surface area (Å²) in [6.45, 7) is 0.338. The molecule has 0 saturated heterocycles. The molecule has 1 N–H and O–H groups in total. The number of methoxy groups -OCH3 is 1. The second kappa shape index (κ2) is 8.01. The molecule has 1 aromatic carbocycles. The fourth-order valence-corrected chi connectivity index (χ4v) is 3.90. The van der Waals surface area contributed by atoms with E-state index in [0.29, 0.717) is 18.2 Å². The number of aromatic nitrogens is 2. The fourth-order valence-electron chi connectivity index (χ4n) is 2.13. The Kier molecular flexibility index (Phi) is 5.74. The largest absolute Gasteiger partial charge is 0.494 e. The minimum atomic E-state index is -0.431. The van der Waals surface area contributed by atoms with Gasteiger partial charge in [0.05, 0.1) is 12.9 Å². The topological polar surface area (TPSA) is 67.3 Å². The van der Waals surface area contributed by atoms with Crippen LogP contribution >= 0.6 is 23.1 Å². The number of nitrogens with one attached hydrogen (secondary N) is 1. The number of halogens is 1. The summed E-state index contributed by atoms with van der Waals surface area (Å²) in [5, 5.41) is 12.2. The third-order valence-corrected chi connectivity index (χ3v) is 5.66. The molecule has 1 amide bonds. The van der Waals surface area contributed by atoms with E-state index in [4.69, 9.17) is 4.74 Å². The van der Waals surface area contributed by atoms with Crippen LogP contribution in [0.5, 0.6) is 5.75 Å². The molecule has 1 aliphatic carbocycles. The van der Waals surface area contributed by atoms with Crippen LogP contribution < -0.4 is 10.1 Å². The Morgan fingerprint density at radius 1 is 1.48 bits per heavy atom. The van der Waals surface area contributed by atoms with Crippen molar-refractivity contribution in [3.05, 3.63) is 29.6 Å². The number of anilines is 1. The number of ether oxygens (including phenoxy) is 1. The lowest BCUT2D eigenvalue weighted by atomic mass is 10.2. The number of carbonyl (C=O) groups excluding carboxylic acids is 1. The van der Waals surface area contributed by atoms with Gasteiger partial charge in [-0.15, -0.1) is 10.2 Å². The summed E-state index contributed by atoms with van der Waals surface area (Å²) in [6.07, 6.45) is 2.36. The van der Waals surface area contributed by atoms with Crippen molar-refractivity contribution in [3.8, 4) is 5.75 Å². The van der Waals surface area contributed by atoms with Gasteiger partial charge in [-0.25, -0.2) is 4.39 Å². The molecule has 0 spiro atoms. The predicted molar refractivity (Wildman–Crippen MR) is 96.7 cm³/mol. The quantitative estimate of drug-likeness (QED) is 0.708. The molecule has 1 aliphatic rings. The fraction of sp³-hybridized carbons (Fsp3) is 0.438. The highest BCUT2D eigenvalue weighted by atomic mass is 32.2. The van der Waals surface area contributed by atoms with Crippen molar-refractivity contribution in [1.29, 1.82) is 0 Å². The van der Waals surface area contributed by atoms with Crippen molar-refractivity contribution in [2.75, 3.05) is 25.2 Å². The molecule has 2 aromatic rings. The molecule has 25 heavy (non-hydrogen) atoms. The Labute approximate surface area is 153 Å². The maximum absolute atomic E-state index is 13.7. The smallest absolute Gasteiger partial charge is 0.233 e. The molecule has 0 aliphatic heterocycles. The Bertz CT molecular complexity index is 751. The number of hydrogen-bond acceptors (Lipinski definition) is 7. The van der Waals surface area contributed by atoms with Gasteiger partial charge in [0.1, 0.15) is 0 Å². The third kappa shape index (κ3) is 5.05. The lowest BCUT2D eigenvalue weighted by Gasteiger charge is -2.17. The summed E-state index contributed by atoms with van der Waals surface area (Å²) in [6, 6.07) is 5.23. The number of rotatable bonds is 8. The first kappa shape index (κ1) is 17.9. The standard InChI is InChI=1S/C16H19FN4O2S2/c1-21(8-10-3-6-13(23-2)12(17)7-10)14(22)9-24-16-20-19-15(25-16)18-11-4-5-11/h3,6-7,11H,4-5,8-9H2,1-2H3,(H,18,19). The normalized spacial score (nSPS) is 13.6. The molecule has 1 aromatic heterocycles. The van der Waals surface area contributed by atoms with Gasteiger partial charge in [-0.05, 0) is 30.5 Å². The van der Waals surface area contributed by atoms with Gasteiger partial charge < -0.3 is 15.0 Å². The summed E-state index contributed by atoms with van der Waals surface area (Å²) < 4.78 is 19.4. The van der Waals surface area contributed by atoms with Crippen LogP contribution in [-0.2, 0) is 11.3 Å². The van der Waals surface area contributed by atoms with E-state index in [0.717, 1.165) is 9.47 Å². The van der Waals surface area contributed by atoms with Crippen molar-refractivity contribution in [1.82, 2.24) is 15.1 Å². The Morgan fingerprint density at radius 3 is 2.96 bits per heavy atom. The monoisotopic (exact) mass is 382 g/mol. The summed E-state index contributed by atoms with van der Waals surface area (Å²) >= 11 is 2.82. The van der Waals surface area contributed by atoms with Gasteiger partial charge in [0.2, 0.25) is 11.0 Å². The molecule has 6 nitrogen and oxygen atoms in total. The predicted octanol–water partition coefficient (Wildman–Crippen LogP) is 3.01. The van der Waals surface area contributed by atoms with Crippen LogP contribution in [-0.4, -0.2) is 47.0 Å². The third-order valence-electron chi connectivity index (χ3n) is 3.69. The van der Waals surface area contributed by atoms with Crippen LogP contribution in [0, 0.1) is 5.82 Å². The van der Waals surface area contributed by atoms with Crippen molar-refractivity contribution in [3.63, 3.8) is 0 Å². The minimum Gasteiger partial charge on any atom is -0.494 e. The Balaban J connectivity index is 1.48. The van der Waals surface area contributed by atoms with E-state index < -0.39 is 5.82 Å². The molecule has 134 valence electrons. The second-order valence-electron chi connectivity index (χ2n) is 5.80. The molecule has 0 radical (unpaired) electrons. The summed E-state index contributed by atoms with van der Waals surface area (Å²) in [5.74, 6) is -0.0132. The van der Waals surface area contributed by atoms with Crippen molar-refractivity contribution < 1.29 is 13.9 Å². The van der Waals surface area contributed by atoms with Gasteiger partial charge in [0.25, 0.3) is 0 Å². The van der Waals surface area contributed by atoms with Crippen molar-refractivity contribution in [2.45, 2.75) is 29.8 Å². The molecule has 0 unspecified atom stereocenters. The van der Waals surface area contributed by atoms with Crippen LogP contribution in [0.25, 0.3) is 0 Å². The maximum Gasteiger partial charge on any atom is 0.233 e. The zero-order chi connectivity index (χ0) is 17.8. The van der Waals surface area contributed by atoms with Gasteiger partial charge >= 0.3 is 0 Å². The first-order chi connectivity index (χ1) is 12.0. The van der Waals surface area contributed by atoms with E-state index >= 15 is 0 Å². The SMILES string of the molecule is COc1ccc(CN(C)C(=O)CSc2nnc(NC3CC3)s2)cc1F. The maximum atomic E-state index is 13.7. The highest BCUT2D eigenvalue weighted by Gasteiger charge is 2.22. The Morgan fingerprint density at radius 2 is 2.28 bits per heavy atom. The van der Waals surface area contributed by atoms with Gasteiger partial charge in [-0.2, -0.15) is 0 Å². The van der Waals surface area contributed by atoms with E-state index in [1.807, 2.05) is 0 Å². The van der Waals surface area contributed by atoms with Crippen molar-refractivity contribution in [2.24, 2.45) is 0 Å². The molecular formula is C16H19FN4O2S2. The average molecular weight is 382 g/mol. The van der Waals surface area contributed by atoms with Gasteiger partial charge in [0, 0.05) is 19.6 Å². The van der Waals surface area contributed by atoms with Gasteiger partial charge in [-0.1, -0.05) is 29.2 Å². The number of amides is 1. The van der Waals surface area contributed by atoms with Gasteiger partial charge in [0.15, 0.2) is 15.9 Å². The van der Waals surface area contributed by atoms with E-state index in [2.05, 4.69) is 15.5 Å². The van der Waals surface area contributed by atoms with Crippen LogP contribution in [0.4, 0.5) is 9.52 Å². The lowest BCUT2D eigenvalue weighted by Crippen LogP contribution is -2.27. The number of hydrogen-bond donors (Lipinski definition) is 1. The summed E-state index contributed by atoms with van der Waals surface area (Å²) in [4.78, 5) is 13.8. The van der Waals surface area contributed by atoms with Crippen LogP contribution in [0.15, 0.2) is 22.5 Å². The molecule has 1 fully saturated rings. The zero-order valence-corrected chi connectivity index (χ0v) is 15.6. The lowest BCUT2D eigenvalue weighted by molar-refractivity contribution is -0.127. The first-order valence-corrected chi connectivity index (χ1v) is 9.64.